The van der Waals surface area contributed by atoms with Crippen molar-refractivity contribution in [2.45, 2.75) is 40.2 Å². The Morgan fingerprint density at radius 3 is 2.53 bits per heavy atom. The maximum Gasteiger partial charge on any atom is 0.224 e. The van der Waals surface area contributed by atoms with E-state index in [2.05, 4.69) is 49.6 Å². The van der Waals surface area contributed by atoms with E-state index in [1.165, 1.54) is 16.7 Å². The highest BCUT2D eigenvalue weighted by atomic mass is 16.1. The Morgan fingerprint density at radius 2 is 1.95 bits per heavy atom. The molecular formula is C16H26N2O. The minimum atomic E-state index is 0.00608. The molecule has 1 rings (SSSR count). The molecule has 1 aromatic carbocycles. The number of benzene rings is 1. The van der Waals surface area contributed by atoms with Crippen LogP contribution in [0.25, 0.3) is 0 Å². The molecule has 0 saturated carbocycles. The van der Waals surface area contributed by atoms with Crippen LogP contribution in [0.4, 0.5) is 0 Å². The second-order valence-electron chi connectivity index (χ2n) is 5.50. The van der Waals surface area contributed by atoms with Gasteiger partial charge in [-0.15, -0.1) is 0 Å². The van der Waals surface area contributed by atoms with Gasteiger partial charge in [0.25, 0.3) is 0 Å². The van der Waals surface area contributed by atoms with Crippen LogP contribution in [0.15, 0.2) is 18.2 Å². The number of carbonyl (C=O) groups excluding carboxylic acids is 1. The molecule has 0 fully saturated rings. The lowest BCUT2D eigenvalue weighted by Gasteiger charge is -2.18. The van der Waals surface area contributed by atoms with Gasteiger partial charge in [0.1, 0.15) is 0 Å². The number of carbonyl (C=O) groups is 1. The normalized spacial score (nSPS) is 13.9. The summed E-state index contributed by atoms with van der Waals surface area (Å²) in [6.07, 6.45) is 0.879. The van der Waals surface area contributed by atoms with Gasteiger partial charge in [0.2, 0.25) is 5.91 Å². The maximum absolute atomic E-state index is 11.9. The molecule has 3 heteroatoms. The second kappa shape index (κ2) is 7.29. The van der Waals surface area contributed by atoms with Gasteiger partial charge in [0, 0.05) is 18.5 Å². The Balaban J connectivity index is 2.55. The minimum Gasteiger partial charge on any atom is -0.353 e. The molecule has 1 aromatic rings. The molecule has 0 spiro atoms. The second-order valence-corrected chi connectivity index (χ2v) is 5.50. The van der Waals surface area contributed by atoms with E-state index in [0.717, 1.165) is 6.42 Å². The summed E-state index contributed by atoms with van der Waals surface area (Å²) in [7, 11) is 1.86. The highest BCUT2D eigenvalue weighted by Crippen LogP contribution is 2.12. The fourth-order valence-electron chi connectivity index (χ4n) is 2.24. The third-order valence-electron chi connectivity index (χ3n) is 3.37. The van der Waals surface area contributed by atoms with Crippen LogP contribution in [0.1, 0.15) is 30.5 Å². The van der Waals surface area contributed by atoms with E-state index in [1.807, 2.05) is 14.0 Å². The molecule has 0 heterocycles. The van der Waals surface area contributed by atoms with Crippen molar-refractivity contribution in [3.63, 3.8) is 0 Å². The first-order valence-electron chi connectivity index (χ1n) is 6.95. The van der Waals surface area contributed by atoms with E-state index >= 15 is 0 Å². The molecule has 0 aliphatic rings. The highest BCUT2D eigenvalue weighted by molar-refractivity contribution is 5.78. The van der Waals surface area contributed by atoms with Gasteiger partial charge in [-0.3, -0.25) is 4.79 Å². The van der Waals surface area contributed by atoms with Gasteiger partial charge in [0.15, 0.2) is 0 Å². The number of aryl methyl sites for hydroxylation is 2. The van der Waals surface area contributed by atoms with E-state index < -0.39 is 0 Å². The molecule has 19 heavy (non-hydrogen) atoms. The molecular weight excluding hydrogens is 236 g/mol. The molecule has 0 aliphatic heterocycles. The lowest BCUT2D eigenvalue weighted by molar-refractivity contribution is -0.124. The van der Waals surface area contributed by atoms with Crippen LogP contribution < -0.4 is 10.6 Å². The zero-order chi connectivity index (χ0) is 14.4. The van der Waals surface area contributed by atoms with Crippen molar-refractivity contribution in [1.82, 2.24) is 10.6 Å². The third-order valence-corrected chi connectivity index (χ3v) is 3.37. The van der Waals surface area contributed by atoms with Crippen LogP contribution in [-0.4, -0.2) is 25.5 Å². The summed E-state index contributed by atoms with van der Waals surface area (Å²) in [5.41, 5.74) is 3.88. The number of hydrogen-bond acceptors (Lipinski definition) is 2. The van der Waals surface area contributed by atoms with Crippen molar-refractivity contribution < 1.29 is 4.79 Å². The fourth-order valence-corrected chi connectivity index (χ4v) is 2.24. The molecule has 1 amide bonds. The number of nitrogens with one attached hydrogen (secondary N) is 2. The molecule has 0 radical (unpaired) electrons. The molecule has 2 unspecified atom stereocenters. The largest absolute Gasteiger partial charge is 0.353 e. The molecule has 3 nitrogen and oxygen atoms in total. The first-order valence-corrected chi connectivity index (χ1v) is 6.95. The van der Waals surface area contributed by atoms with Crippen molar-refractivity contribution in [1.29, 1.82) is 0 Å². The van der Waals surface area contributed by atoms with Crippen LogP contribution >= 0.6 is 0 Å². The topological polar surface area (TPSA) is 41.1 Å². The Labute approximate surface area is 116 Å². The Hall–Kier alpha value is -1.35. The summed E-state index contributed by atoms with van der Waals surface area (Å²) in [6, 6.07) is 6.63. The van der Waals surface area contributed by atoms with Crippen molar-refractivity contribution in [2.75, 3.05) is 13.6 Å². The first kappa shape index (κ1) is 15.7. The summed E-state index contributed by atoms with van der Waals surface area (Å²) >= 11 is 0. The van der Waals surface area contributed by atoms with Crippen molar-refractivity contribution in [2.24, 2.45) is 5.92 Å². The van der Waals surface area contributed by atoms with Crippen LogP contribution in [0.5, 0.6) is 0 Å². The number of rotatable bonds is 6. The Morgan fingerprint density at radius 1 is 1.26 bits per heavy atom. The van der Waals surface area contributed by atoms with Crippen molar-refractivity contribution >= 4 is 5.91 Å². The lowest BCUT2D eigenvalue weighted by Crippen LogP contribution is -2.40. The van der Waals surface area contributed by atoms with E-state index in [1.54, 1.807) is 0 Å². The van der Waals surface area contributed by atoms with Crippen molar-refractivity contribution in [3.05, 3.63) is 34.9 Å². The first-order chi connectivity index (χ1) is 8.93. The summed E-state index contributed by atoms with van der Waals surface area (Å²) in [6.45, 7) is 8.93. The van der Waals surface area contributed by atoms with Gasteiger partial charge in [-0.25, -0.2) is 0 Å². The summed E-state index contributed by atoms with van der Waals surface area (Å²) in [4.78, 5) is 11.9. The average molecular weight is 262 g/mol. The summed E-state index contributed by atoms with van der Waals surface area (Å²) < 4.78 is 0. The predicted octanol–water partition coefficient (Wildman–Crippen LogP) is 2.21. The quantitative estimate of drug-likeness (QED) is 0.825. The fraction of sp³-hybridized carbons (Fsp3) is 0.562. The Kier molecular flexibility index (Phi) is 6.03. The van der Waals surface area contributed by atoms with E-state index in [9.17, 15) is 4.79 Å². The predicted molar refractivity (Wildman–Crippen MR) is 80.3 cm³/mol. The molecule has 0 aromatic heterocycles. The molecule has 0 bridgehead atoms. The smallest absolute Gasteiger partial charge is 0.224 e. The minimum absolute atomic E-state index is 0.00608. The number of amides is 1. The molecule has 2 atom stereocenters. The zero-order valence-electron chi connectivity index (χ0n) is 12.7. The van der Waals surface area contributed by atoms with E-state index in [-0.39, 0.29) is 17.9 Å². The third kappa shape index (κ3) is 5.03. The molecule has 0 saturated heterocycles. The van der Waals surface area contributed by atoms with Gasteiger partial charge >= 0.3 is 0 Å². The highest BCUT2D eigenvalue weighted by Gasteiger charge is 2.15. The number of hydrogen-bond donors (Lipinski definition) is 2. The molecule has 0 aliphatic carbocycles. The summed E-state index contributed by atoms with van der Waals surface area (Å²) in [5, 5.41) is 6.10. The van der Waals surface area contributed by atoms with Gasteiger partial charge < -0.3 is 10.6 Å². The van der Waals surface area contributed by atoms with E-state index in [4.69, 9.17) is 0 Å². The van der Waals surface area contributed by atoms with Crippen LogP contribution in [0.2, 0.25) is 0 Å². The SMILES string of the molecule is CNCC(C)C(=O)NC(C)Cc1ccc(C)cc1C. The van der Waals surface area contributed by atoms with Crippen LogP contribution in [0.3, 0.4) is 0 Å². The molecule has 2 N–H and O–H groups in total. The van der Waals surface area contributed by atoms with Crippen molar-refractivity contribution in [3.8, 4) is 0 Å². The van der Waals surface area contributed by atoms with Gasteiger partial charge in [-0.1, -0.05) is 30.7 Å². The maximum atomic E-state index is 11.9. The van der Waals surface area contributed by atoms with Gasteiger partial charge in [-0.05, 0) is 45.4 Å². The van der Waals surface area contributed by atoms with Crippen LogP contribution in [-0.2, 0) is 11.2 Å². The lowest BCUT2D eigenvalue weighted by atomic mass is 9.99. The average Bonchev–Trinajstić information content (AvgIpc) is 2.33. The van der Waals surface area contributed by atoms with E-state index in [0.29, 0.717) is 6.54 Å². The van der Waals surface area contributed by atoms with Crippen LogP contribution in [0, 0.1) is 19.8 Å². The Bertz CT molecular complexity index is 429. The zero-order valence-corrected chi connectivity index (χ0v) is 12.7. The molecule has 106 valence electrons. The van der Waals surface area contributed by atoms with Gasteiger partial charge in [-0.2, -0.15) is 0 Å². The summed E-state index contributed by atoms with van der Waals surface area (Å²) in [5.74, 6) is 0.123. The van der Waals surface area contributed by atoms with Gasteiger partial charge in [0.05, 0.1) is 0 Å². The monoisotopic (exact) mass is 262 g/mol. The standard InChI is InChI=1S/C16H26N2O/c1-11-6-7-15(12(2)8-11)9-14(4)18-16(19)13(3)10-17-5/h6-8,13-14,17H,9-10H2,1-5H3,(H,18,19).